The Morgan fingerprint density at radius 1 is 1.36 bits per heavy atom. The maximum atomic E-state index is 13.9. The summed E-state index contributed by atoms with van der Waals surface area (Å²) in [4.78, 5) is 11.2. The number of nitrogens with one attached hydrogen (secondary N) is 1. The Balaban J connectivity index is 1.93. The van der Waals surface area contributed by atoms with Crippen LogP contribution in [0.25, 0.3) is 0 Å². The number of nitrogens with zero attached hydrogens (tertiary/aromatic N) is 1. The molecule has 0 radical (unpaired) electrons. The predicted octanol–water partition coefficient (Wildman–Crippen LogP) is 4.08. The fourth-order valence-electron chi connectivity index (χ4n) is 4.23. The van der Waals surface area contributed by atoms with Crippen molar-refractivity contribution in [1.82, 2.24) is 5.32 Å². The molecule has 4 atom stereocenters. The molecule has 0 unspecified atom stereocenters. The average Bonchev–Trinajstić information content (AvgIpc) is 3.13. The van der Waals surface area contributed by atoms with E-state index in [9.17, 15) is 19.5 Å². The summed E-state index contributed by atoms with van der Waals surface area (Å²) in [5.74, 6) is -0.525. The number of benzene rings is 1. The lowest BCUT2D eigenvalue weighted by Crippen LogP contribution is -2.46. The number of aliphatic hydroxyl groups is 1. The number of hydrogen-bond donors (Lipinski definition) is 3. The topological polar surface area (TPSA) is 100 Å². The van der Waals surface area contributed by atoms with Gasteiger partial charge in [-0.05, 0) is 64.1 Å². The lowest BCUT2D eigenvalue weighted by molar-refractivity contribution is -0.140. The first-order valence-corrected chi connectivity index (χ1v) is 11.5. The fourth-order valence-corrected chi connectivity index (χ4v) is 4.23. The number of carbonyl (C=O) groups is 1. The number of allylic oxidation sites excluding steroid dienone is 2. The summed E-state index contributed by atoms with van der Waals surface area (Å²) >= 11 is 0. The number of hydrogen-bond acceptors (Lipinski definition) is 7. The molecule has 33 heavy (non-hydrogen) atoms. The molecule has 1 aliphatic carbocycles. The van der Waals surface area contributed by atoms with Crippen molar-refractivity contribution in [1.29, 1.82) is 0 Å². The summed E-state index contributed by atoms with van der Waals surface area (Å²) in [6.07, 6.45) is 7.71. The number of para-hydroxylation sites is 1. The summed E-state index contributed by atoms with van der Waals surface area (Å²) in [5, 5.41) is 26.8. The minimum atomic E-state index is -0.573. The van der Waals surface area contributed by atoms with Crippen molar-refractivity contribution in [2.45, 2.75) is 63.5 Å². The highest BCUT2D eigenvalue weighted by molar-refractivity contribution is 5.89. The molecule has 184 valence electrons. The number of unbranched alkanes of at least 4 members (excludes halogenated alkanes) is 1. The second kappa shape index (κ2) is 13.3. The Morgan fingerprint density at radius 2 is 2.12 bits per heavy atom. The molecule has 8 heteroatoms. The Labute approximate surface area is 195 Å². The Bertz CT molecular complexity index is 816. The van der Waals surface area contributed by atoms with Gasteiger partial charge in [0, 0.05) is 24.3 Å². The van der Waals surface area contributed by atoms with Gasteiger partial charge in [0.25, 0.3) is 0 Å². The van der Waals surface area contributed by atoms with Crippen LogP contribution in [0.3, 0.4) is 0 Å². The quantitative estimate of drug-likeness (QED) is 0.134. The van der Waals surface area contributed by atoms with E-state index in [1.807, 2.05) is 26.1 Å². The molecule has 7 nitrogen and oxygen atoms in total. The molecule has 0 aliphatic heterocycles. The number of carbonyl (C=O) groups excluding carboxylic acids is 1. The zero-order valence-electron chi connectivity index (χ0n) is 19.8. The van der Waals surface area contributed by atoms with Gasteiger partial charge in [0.1, 0.15) is 6.61 Å². The smallest absolute Gasteiger partial charge is 0.305 e. The zero-order chi connectivity index (χ0) is 24.3. The maximum Gasteiger partial charge on any atom is 0.305 e. The largest absolute Gasteiger partial charge is 0.489 e. The monoisotopic (exact) mass is 464 g/mol. The molecule has 0 bridgehead atoms. The first-order chi connectivity index (χ1) is 15.8. The van der Waals surface area contributed by atoms with E-state index < -0.39 is 17.5 Å². The summed E-state index contributed by atoms with van der Waals surface area (Å²) in [5.41, 5.74) is 0.185. The average molecular weight is 465 g/mol. The minimum Gasteiger partial charge on any atom is -0.489 e. The molecular weight excluding hydrogens is 427 g/mol. The molecule has 1 aromatic carbocycles. The molecule has 0 heterocycles. The van der Waals surface area contributed by atoms with Crippen LogP contribution in [0.2, 0.25) is 0 Å². The summed E-state index contributed by atoms with van der Waals surface area (Å²) < 4.78 is 24.3. The molecule has 0 spiro atoms. The van der Waals surface area contributed by atoms with Crippen LogP contribution >= 0.6 is 0 Å². The Morgan fingerprint density at radius 3 is 2.79 bits per heavy atom. The third-order valence-corrected chi connectivity index (χ3v) is 6.53. The van der Waals surface area contributed by atoms with Gasteiger partial charge in [0.2, 0.25) is 0 Å². The van der Waals surface area contributed by atoms with E-state index in [4.69, 9.17) is 4.74 Å². The standard InChI is InChI=1S/C25H37FN2O5/c1-25(27-2,17-33-23-12-9-8-11-20(23)26)15-14-18-19(22(29)16-21(18)28-31)10-6-4-5-7-13-24(30)32-3/h4,6,8-9,11-12,18-19,22,27,29,31H,5,7,10,13-17H2,1-3H3/b6-4-,28-21-/t18-,19-,22+,25-/m1/s1. The van der Waals surface area contributed by atoms with Crippen LogP contribution in [0.1, 0.15) is 51.9 Å². The van der Waals surface area contributed by atoms with Gasteiger partial charge in [0.15, 0.2) is 11.6 Å². The fraction of sp³-hybridized carbons (Fsp3) is 0.600. The van der Waals surface area contributed by atoms with Crippen LogP contribution in [0, 0.1) is 17.7 Å². The van der Waals surface area contributed by atoms with Crippen molar-refractivity contribution in [2.24, 2.45) is 17.0 Å². The normalized spacial score (nSPS) is 23.7. The van der Waals surface area contributed by atoms with Crippen LogP contribution in [0.5, 0.6) is 5.75 Å². The van der Waals surface area contributed by atoms with Crippen molar-refractivity contribution in [2.75, 3.05) is 20.8 Å². The Kier molecular flexibility index (Phi) is 10.8. The number of esters is 1. The zero-order valence-corrected chi connectivity index (χ0v) is 19.8. The van der Waals surface area contributed by atoms with E-state index in [0.29, 0.717) is 44.2 Å². The number of oxime groups is 1. The van der Waals surface area contributed by atoms with Gasteiger partial charge in [-0.1, -0.05) is 29.4 Å². The molecular formula is C25H37FN2O5. The Hall–Kier alpha value is -2.45. The van der Waals surface area contributed by atoms with Crippen molar-refractivity contribution < 1.29 is 29.0 Å². The van der Waals surface area contributed by atoms with Crippen LogP contribution in [-0.4, -0.2) is 54.4 Å². The summed E-state index contributed by atoms with van der Waals surface area (Å²) in [6, 6.07) is 6.31. The molecule has 1 aromatic rings. The van der Waals surface area contributed by atoms with Gasteiger partial charge in [-0.2, -0.15) is 0 Å². The van der Waals surface area contributed by atoms with Gasteiger partial charge in [-0.25, -0.2) is 4.39 Å². The van der Waals surface area contributed by atoms with E-state index in [0.717, 1.165) is 6.42 Å². The van der Waals surface area contributed by atoms with E-state index in [1.54, 1.807) is 18.2 Å². The first kappa shape index (κ1) is 26.8. The number of methoxy groups -OCH3 is 1. The first-order valence-electron chi connectivity index (χ1n) is 11.5. The minimum absolute atomic E-state index is 0.0543. The van der Waals surface area contributed by atoms with Gasteiger partial charge in [-0.15, -0.1) is 0 Å². The van der Waals surface area contributed by atoms with E-state index in [2.05, 4.69) is 15.2 Å². The molecule has 1 aliphatic rings. The number of ether oxygens (including phenoxy) is 2. The molecule has 1 fully saturated rings. The number of rotatable bonds is 13. The van der Waals surface area contributed by atoms with Gasteiger partial charge < -0.3 is 25.1 Å². The van der Waals surface area contributed by atoms with Crippen LogP contribution < -0.4 is 10.1 Å². The molecule has 3 N–H and O–H groups in total. The van der Waals surface area contributed by atoms with Crippen molar-refractivity contribution in [3.05, 3.63) is 42.2 Å². The third-order valence-electron chi connectivity index (χ3n) is 6.53. The third kappa shape index (κ3) is 8.12. The van der Waals surface area contributed by atoms with Gasteiger partial charge in [0.05, 0.1) is 18.9 Å². The summed E-state index contributed by atoms with van der Waals surface area (Å²) in [7, 11) is 3.22. The van der Waals surface area contributed by atoms with Crippen molar-refractivity contribution in [3.63, 3.8) is 0 Å². The summed E-state index contributed by atoms with van der Waals surface area (Å²) in [6.45, 7) is 2.28. The second-order valence-corrected chi connectivity index (χ2v) is 8.88. The van der Waals surface area contributed by atoms with Crippen molar-refractivity contribution in [3.8, 4) is 5.75 Å². The SMILES string of the molecule is CN[C@](C)(CC[C@H]1/C(=N\O)C[C@H](O)[C@@H]1C/C=C\CCCC(=O)OC)COc1ccccc1F. The van der Waals surface area contributed by atoms with E-state index in [-0.39, 0.29) is 30.2 Å². The van der Waals surface area contributed by atoms with E-state index in [1.165, 1.54) is 13.2 Å². The molecule has 0 amide bonds. The second-order valence-electron chi connectivity index (χ2n) is 8.88. The highest BCUT2D eigenvalue weighted by Gasteiger charge is 2.40. The van der Waals surface area contributed by atoms with Gasteiger partial charge >= 0.3 is 5.97 Å². The molecule has 0 aromatic heterocycles. The highest BCUT2D eigenvalue weighted by atomic mass is 19.1. The molecule has 2 rings (SSSR count). The lowest BCUT2D eigenvalue weighted by atomic mass is 9.83. The van der Waals surface area contributed by atoms with Crippen molar-refractivity contribution >= 4 is 11.7 Å². The molecule has 0 saturated heterocycles. The number of likely N-dealkylation sites (N-methyl/N-ethyl adjacent to an activating group) is 1. The van der Waals surface area contributed by atoms with Crippen LogP contribution in [0.15, 0.2) is 41.6 Å². The van der Waals surface area contributed by atoms with Crippen LogP contribution in [0.4, 0.5) is 4.39 Å². The lowest BCUT2D eigenvalue weighted by Gasteiger charge is -2.31. The van der Waals surface area contributed by atoms with Crippen LogP contribution in [-0.2, 0) is 9.53 Å². The predicted molar refractivity (Wildman–Crippen MR) is 125 cm³/mol. The highest BCUT2D eigenvalue weighted by Crippen LogP contribution is 2.37. The van der Waals surface area contributed by atoms with E-state index >= 15 is 0 Å². The number of aliphatic hydroxyl groups excluding tert-OH is 1. The number of halogens is 1. The maximum absolute atomic E-state index is 13.9. The molecule has 1 saturated carbocycles. The van der Waals surface area contributed by atoms with Gasteiger partial charge in [-0.3, -0.25) is 4.79 Å².